The van der Waals surface area contributed by atoms with Crippen molar-refractivity contribution in [2.24, 2.45) is 0 Å². The molecule has 0 radical (unpaired) electrons. The Hall–Kier alpha value is -13.0. The molecule has 0 amide bonds. The highest BCUT2D eigenvalue weighted by Crippen LogP contribution is 2.55. The molecule has 7 rings (SSSR count). The summed E-state index contributed by atoms with van der Waals surface area (Å²) in [7, 11) is 0. The third-order valence-electron chi connectivity index (χ3n) is 13.2. The van der Waals surface area contributed by atoms with Crippen LogP contribution in [0.3, 0.4) is 0 Å². The summed E-state index contributed by atoms with van der Waals surface area (Å²) in [5.74, 6) is -58.5. The van der Waals surface area contributed by atoms with E-state index in [0.717, 1.165) is 0 Å². The molecule has 0 bridgehead atoms. The molecule has 0 unspecified atom stereocenters. The van der Waals surface area contributed by atoms with E-state index in [2.05, 4.69) is 0 Å². The molecule has 7 aromatic carbocycles. The minimum atomic E-state index is -6.03. The number of benzene rings is 7. The third kappa shape index (κ3) is 10.4. The molecule has 89 heavy (non-hydrogen) atoms. The minimum absolute atomic E-state index is 0.00745. The largest absolute Gasteiger partial charge is 0.504 e. The Kier molecular flexibility index (Phi) is 16.4. The van der Waals surface area contributed by atoms with Crippen LogP contribution in [-0.4, -0.2) is 194 Å². The maximum Gasteiger partial charge on any atom is 0.340 e. The number of ether oxygens (including phenoxy) is 3. The first-order chi connectivity index (χ1) is 41.4. The summed E-state index contributed by atoms with van der Waals surface area (Å²) >= 11 is 0. The average Bonchev–Trinajstić information content (AvgIpc) is 0.913. The second-order valence-corrected chi connectivity index (χ2v) is 18.7. The first-order valence-corrected chi connectivity index (χ1v) is 23.9. The second-order valence-electron chi connectivity index (χ2n) is 18.7. The van der Waals surface area contributed by atoms with Crippen LogP contribution < -0.4 is 0 Å². The summed E-state index contributed by atoms with van der Waals surface area (Å²) in [4.78, 5) is 129. The van der Waals surface area contributed by atoms with E-state index in [1.807, 2.05) is 0 Å². The highest BCUT2D eigenvalue weighted by molar-refractivity contribution is 6.53. The van der Waals surface area contributed by atoms with Crippen LogP contribution in [0.15, 0.2) is 84.9 Å². The fourth-order valence-electron chi connectivity index (χ4n) is 8.85. The van der Waals surface area contributed by atoms with Crippen molar-refractivity contribution in [3.63, 3.8) is 0 Å². The van der Waals surface area contributed by atoms with Crippen LogP contribution in [0.2, 0.25) is 0 Å². The molecule has 0 aliphatic heterocycles. The number of aromatic hydroxyl groups is 21. The second kappa shape index (κ2) is 22.9. The van der Waals surface area contributed by atoms with E-state index in [1.165, 1.54) is 0 Å². The van der Waals surface area contributed by atoms with Crippen LogP contribution in [0.25, 0.3) is 0 Å². The lowest BCUT2D eigenvalue weighted by atomic mass is 9.57. The zero-order chi connectivity index (χ0) is 66.6. The number of hydrogen-bond donors (Lipinski definition) is 23. The average molecular weight is 1240 g/mol. The molecule has 34 nitrogen and oxygen atoms in total. The van der Waals surface area contributed by atoms with E-state index >= 15 is 38.4 Å². The Morgan fingerprint density at radius 3 is 0.809 bits per heavy atom. The van der Waals surface area contributed by atoms with Gasteiger partial charge in [-0.1, -0.05) is 0 Å². The minimum Gasteiger partial charge on any atom is -0.504 e. The molecule has 23 N–H and O–H groups in total. The normalized spacial score (nSPS) is 13.5. The number of phenolic OH excluding ortho intramolecular Hbond substituents is 21. The van der Waals surface area contributed by atoms with Crippen molar-refractivity contribution in [1.82, 2.24) is 0 Å². The molecule has 0 aliphatic carbocycles. The summed E-state index contributed by atoms with van der Waals surface area (Å²) in [6.45, 7) is -2.54. The lowest BCUT2D eigenvalue weighted by Gasteiger charge is -2.54. The summed E-state index contributed by atoms with van der Waals surface area (Å²) in [5.41, 5.74) is -29.9. The van der Waals surface area contributed by atoms with Crippen LogP contribution >= 0.6 is 0 Å². The summed E-state index contributed by atoms with van der Waals surface area (Å²) < 4.78 is 17.0. The number of aliphatic hydroxyl groups excluding tert-OH is 2. The number of hydrogen-bond acceptors (Lipinski definition) is 34. The number of ketones is 5. The van der Waals surface area contributed by atoms with Crippen molar-refractivity contribution in [3.8, 4) is 121 Å². The first-order valence-electron chi connectivity index (χ1n) is 23.9. The molecule has 0 aliphatic rings. The van der Waals surface area contributed by atoms with Gasteiger partial charge in [0.1, 0.15) is 6.10 Å². The first kappa shape index (κ1) is 63.6. The maximum absolute atomic E-state index is 17.1. The van der Waals surface area contributed by atoms with E-state index in [1.54, 1.807) is 0 Å². The number of carbonyl (C=O) groups is 8. The predicted molar refractivity (Wildman–Crippen MR) is 280 cm³/mol. The van der Waals surface area contributed by atoms with Gasteiger partial charge in [-0.3, -0.25) is 24.0 Å². The van der Waals surface area contributed by atoms with E-state index in [0.29, 0.717) is 0 Å². The Morgan fingerprint density at radius 2 is 0.528 bits per heavy atom. The molecular weight excluding hydrogens is 1200 g/mol. The maximum atomic E-state index is 17.1. The lowest BCUT2D eigenvalue weighted by molar-refractivity contribution is -0.213. The molecule has 34 heteroatoms. The van der Waals surface area contributed by atoms with Gasteiger partial charge in [0.25, 0.3) is 22.6 Å². The van der Waals surface area contributed by atoms with Gasteiger partial charge in [0.15, 0.2) is 121 Å². The number of esters is 3. The number of carbonyl (C=O) groups excluding carboxylic acids is 8. The Labute approximate surface area is 489 Å². The van der Waals surface area contributed by atoms with Gasteiger partial charge >= 0.3 is 17.9 Å². The van der Waals surface area contributed by atoms with Gasteiger partial charge in [-0.25, -0.2) is 14.4 Å². The third-order valence-corrected chi connectivity index (χ3v) is 13.2. The van der Waals surface area contributed by atoms with Gasteiger partial charge in [-0.2, -0.15) is 0 Å². The molecule has 0 saturated heterocycles. The number of phenols is 21. The van der Waals surface area contributed by atoms with Gasteiger partial charge in [0.05, 0.1) is 23.3 Å². The van der Waals surface area contributed by atoms with Gasteiger partial charge in [0.2, 0.25) is 23.1 Å². The molecule has 464 valence electrons. The van der Waals surface area contributed by atoms with E-state index < -0.39 is 236 Å². The molecule has 0 fully saturated rings. The predicted octanol–water partition coefficient (Wildman–Crippen LogP) is 1.05. The van der Waals surface area contributed by atoms with E-state index in [-0.39, 0.29) is 84.9 Å². The number of Topliss-reactive ketones (excluding diaryl/α,β-unsaturated/α-hetero) is 5. The van der Waals surface area contributed by atoms with Crippen LogP contribution in [0.4, 0.5) is 0 Å². The number of rotatable bonds is 19. The fourth-order valence-corrected chi connectivity index (χ4v) is 8.85. The highest BCUT2D eigenvalue weighted by Gasteiger charge is 2.85. The van der Waals surface area contributed by atoms with Crippen LogP contribution in [0.5, 0.6) is 121 Å². The fraction of sp³-hybridized carbons (Fsp3) is 0.0909. The van der Waals surface area contributed by atoms with Crippen molar-refractivity contribution in [2.75, 3.05) is 6.61 Å². The Morgan fingerprint density at radius 1 is 0.303 bits per heavy atom. The molecule has 0 saturated carbocycles. The molecule has 0 spiro atoms. The Bertz CT molecular complexity index is 4060. The summed E-state index contributed by atoms with van der Waals surface area (Å²) in [5, 5.41) is 249. The zero-order valence-corrected chi connectivity index (χ0v) is 43.6. The van der Waals surface area contributed by atoms with Crippen molar-refractivity contribution in [3.05, 3.63) is 124 Å². The van der Waals surface area contributed by atoms with Crippen molar-refractivity contribution in [1.29, 1.82) is 0 Å². The SMILES string of the molecule is O=C(O[C@](C(=O)C(=O)c1cc(O)c(O)c(O)c1)(C(=O)c1cc(O)c(O)c(O)c1)[C@](OC(=O)c1cc(O)c(O)c(O)c1)(C(=O)c1cc(O)c(O)c(O)c1)[C@@](OC(=O)c1cc(O)c(O)c(O)c1)(C(=O)c1cc(O)c(O)c(O)c1)[C@H](O)CO)c1cc(O)c(O)c(O)c1. The molecule has 7 aromatic rings. The molecule has 0 aromatic heterocycles. The van der Waals surface area contributed by atoms with Gasteiger partial charge < -0.3 is 132 Å². The molecule has 0 heterocycles. The van der Waals surface area contributed by atoms with Crippen molar-refractivity contribution < 1.29 is 170 Å². The standard InChI is InChI=1S/C55H40O34/c56-15-37(71)53(46(80)17-3-25(59)40(74)26(60)4-17,87-50(84)20-9-31(65)43(77)32(66)10-20)55(48(82)19-7-29(63)42(76)30(64)8-19,89-52(86)22-13-35(69)45(79)36(70)14-22)54(47(81)18-5-27(61)41(75)28(62)6-18,88-51(85)21-11-33(67)44(78)34(68)12-21)49(83)38(72)16-1-23(57)39(73)24(58)2-16/h1-14,37,56-71,73-79H,15H2/t37-,53+,54+,55+/m1/s1. The van der Waals surface area contributed by atoms with Crippen LogP contribution in [-0.2, 0) is 19.0 Å². The van der Waals surface area contributed by atoms with Crippen LogP contribution in [0, 0.1) is 0 Å². The van der Waals surface area contributed by atoms with E-state index in [4.69, 9.17) is 14.2 Å². The summed E-state index contributed by atoms with van der Waals surface area (Å²) in [6, 6.07) is -0.753. The van der Waals surface area contributed by atoms with Gasteiger partial charge in [0, 0.05) is 22.3 Å². The van der Waals surface area contributed by atoms with Crippen molar-refractivity contribution in [2.45, 2.75) is 22.9 Å². The van der Waals surface area contributed by atoms with E-state index in [9.17, 15) is 117 Å². The summed E-state index contributed by atoms with van der Waals surface area (Å²) in [6.07, 6.45) is -4.15. The molecular formula is C55H40O34. The van der Waals surface area contributed by atoms with Gasteiger partial charge in [-0.05, 0) is 84.9 Å². The Balaban J connectivity index is 1.96. The smallest absolute Gasteiger partial charge is 0.340 e. The topological polar surface area (TPSA) is 630 Å². The highest BCUT2D eigenvalue weighted by atomic mass is 16.7. The number of aliphatic hydroxyl groups is 2. The van der Waals surface area contributed by atoms with Crippen LogP contribution in [0.1, 0.15) is 72.5 Å². The lowest BCUT2D eigenvalue weighted by Crippen LogP contribution is -2.85. The monoisotopic (exact) mass is 1240 g/mol. The zero-order valence-electron chi connectivity index (χ0n) is 43.6. The van der Waals surface area contributed by atoms with Gasteiger partial charge in [-0.15, -0.1) is 0 Å². The molecule has 4 atom stereocenters. The quantitative estimate of drug-likeness (QED) is 0.0134. The van der Waals surface area contributed by atoms with Crippen molar-refractivity contribution >= 4 is 46.8 Å².